The van der Waals surface area contributed by atoms with Crippen molar-refractivity contribution in [2.45, 2.75) is 17.7 Å². The van der Waals surface area contributed by atoms with Gasteiger partial charge in [-0.2, -0.15) is 0 Å². The minimum Gasteiger partial charge on any atom is -0.347 e. The van der Waals surface area contributed by atoms with Crippen LogP contribution in [0.25, 0.3) is 5.13 Å². The van der Waals surface area contributed by atoms with Crippen molar-refractivity contribution in [1.29, 1.82) is 0 Å². The molecule has 27 heavy (non-hydrogen) atoms. The standard InChI is InChI=1S/C19H21N5OS2/c1-26-16-6-4-5-15(13-16)20-17(25)14-7-11-24(12-8-14)19-22-21-18(27-19)23-9-2-3-10-23/h2-6,9-10,13-14H,7-8,11-12H2,1H3,(H,20,25). The zero-order chi connectivity index (χ0) is 18.6. The predicted molar refractivity (Wildman–Crippen MR) is 111 cm³/mol. The molecule has 1 aliphatic rings. The lowest BCUT2D eigenvalue weighted by Crippen LogP contribution is -2.38. The van der Waals surface area contributed by atoms with Crippen molar-refractivity contribution < 1.29 is 4.79 Å². The van der Waals surface area contributed by atoms with Crippen molar-refractivity contribution in [2.75, 3.05) is 29.6 Å². The van der Waals surface area contributed by atoms with E-state index in [9.17, 15) is 4.79 Å². The normalized spacial score (nSPS) is 15.1. The summed E-state index contributed by atoms with van der Waals surface area (Å²) in [5.41, 5.74) is 0.870. The highest BCUT2D eigenvalue weighted by atomic mass is 32.2. The summed E-state index contributed by atoms with van der Waals surface area (Å²) in [4.78, 5) is 16.0. The fraction of sp³-hybridized carbons (Fsp3) is 0.316. The van der Waals surface area contributed by atoms with Gasteiger partial charge in [0.1, 0.15) is 0 Å². The first-order valence-electron chi connectivity index (χ1n) is 8.89. The molecule has 0 radical (unpaired) electrons. The predicted octanol–water partition coefficient (Wildman–Crippen LogP) is 3.91. The van der Waals surface area contributed by atoms with E-state index in [1.54, 1.807) is 23.1 Å². The van der Waals surface area contributed by atoms with Crippen LogP contribution < -0.4 is 10.2 Å². The Bertz CT molecular complexity index is 900. The lowest BCUT2D eigenvalue weighted by Gasteiger charge is -2.30. The number of nitrogens with zero attached hydrogens (tertiary/aromatic N) is 4. The number of anilines is 2. The van der Waals surface area contributed by atoms with Crippen LogP contribution >= 0.6 is 23.1 Å². The van der Waals surface area contributed by atoms with E-state index in [1.165, 1.54) is 0 Å². The molecule has 140 valence electrons. The van der Waals surface area contributed by atoms with Crippen LogP contribution in [0.5, 0.6) is 0 Å². The summed E-state index contributed by atoms with van der Waals surface area (Å²) in [7, 11) is 0. The fourth-order valence-corrected chi connectivity index (χ4v) is 4.51. The molecule has 0 unspecified atom stereocenters. The fourth-order valence-electron chi connectivity index (χ4n) is 3.18. The first kappa shape index (κ1) is 18.1. The Labute approximate surface area is 166 Å². The maximum Gasteiger partial charge on any atom is 0.227 e. The summed E-state index contributed by atoms with van der Waals surface area (Å²) >= 11 is 3.25. The van der Waals surface area contributed by atoms with Gasteiger partial charge in [0.15, 0.2) is 0 Å². The van der Waals surface area contributed by atoms with Crippen LogP contribution in [0.2, 0.25) is 0 Å². The molecule has 4 rings (SSSR count). The van der Waals surface area contributed by atoms with E-state index in [4.69, 9.17) is 0 Å². The Morgan fingerprint density at radius 2 is 1.89 bits per heavy atom. The number of hydrogen-bond acceptors (Lipinski definition) is 6. The average Bonchev–Trinajstić information content (AvgIpc) is 3.40. The summed E-state index contributed by atoms with van der Waals surface area (Å²) in [5.74, 6) is 0.147. The number of carbonyl (C=O) groups is 1. The Balaban J connectivity index is 1.34. The highest BCUT2D eigenvalue weighted by Gasteiger charge is 2.26. The molecule has 1 aliphatic heterocycles. The second kappa shape index (κ2) is 8.14. The average molecular weight is 400 g/mol. The van der Waals surface area contributed by atoms with Crippen LogP contribution in [0.4, 0.5) is 10.8 Å². The van der Waals surface area contributed by atoms with Gasteiger partial charge >= 0.3 is 0 Å². The molecule has 8 heteroatoms. The first-order valence-corrected chi connectivity index (χ1v) is 10.9. The summed E-state index contributed by atoms with van der Waals surface area (Å²) in [6.45, 7) is 1.65. The van der Waals surface area contributed by atoms with Crippen LogP contribution in [-0.4, -0.2) is 40.0 Å². The third kappa shape index (κ3) is 4.17. The summed E-state index contributed by atoms with van der Waals surface area (Å²) < 4.78 is 1.96. The summed E-state index contributed by atoms with van der Waals surface area (Å²) in [6, 6.07) is 11.9. The third-order valence-corrected chi connectivity index (χ3v) is 6.43. The van der Waals surface area contributed by atoms with Gasteiger partial charge < -0.3 is 10.2 Å². The molecule has 3 aromatic rings. The van der Waals surface area contributed by atoms with Gasteiger partial charge in [-0.3, -0.25) is 9.36 Å². The van der Waals surface area contributed by atoms with Gasteiger partial charge in [-0.05, 0) is 49.4 Å². The molecule has 1 saturated heterocycles. The van der Waals surface area contributed by atoms with E-state index < -0.39 is 0 Å². The number of nitrogens with one attached hydrogen (secondary N) is 1. The van der Waals surface area contributed by atoms with Gasteiger partial charge in [-0.1, -0.05) is 17.4 Å². The van der Waals surface area contributed by atoms with Crippen LogP contribution in [0, 0.1) is 5.92 Å². The number of amides is 1. The largest absolute Gasteiger partial charge is 0.347 e. The smallest absolute Gasteiger partial charge is 0.227 e. The molecule has 0 aliphatic carbocycles. The van der Waals surface area contributed by atoms with Crippen molar-refractivity contribution in [3.05, 3.63) is 48.8 Å². The topological polar surface area (TPSA) is 63.1 Å². The molecular weight excluding hydrogens is 378 g/mol. The van der Waals surface area contributed by atoms with Crippen LogP contribution in [0.1, 0.15) is 12.8 Å². The van der Waals surface area contributed by atoms with Gasteiger partial charge in [0.05, 0.1) is 0 Å². The Kier molecular flexibility index (Phi) is 5.45. The number of thioether (sulfide) groups is 1. The van der Waals surface area contributed by atoms with Gasteiger partial charge in [0.25, 0.3) is 0 Å². The number of benzene rings is 1. The van der Waals surface area contributed by atoms with Gasteiger partial charge in [0.2, 0.25) is 16.2 Å². The number of carbonyl (C=O) groups excluding carboxylic acids is 1. The molecule has 3 heterocycles. The Hall–Kier alpha value is -2.32. The molecule has 6 nitrogen and oxygen atoms in total. The van der Waals surface area contributed by atoms with E-state index in [0.29, 0.717) is 0 Å². The third-order valence-electron chi connectivity index (χ3n) is 4.70. The molecule has 0 bridgehead atoms. The highest BCUT2D eigenvalue weighted by Crippen LogP contribution is 2.28. The zero-order valence-corrected chi connectivity index (χ0v) is 16.7. The second-order valence-electron chi connectivity index (χ2n) is 6.44. The van der Waals surface area contributed by atoms with Gasteiger partial charge in [0, 0.05) is 42.0 Å². The van der Waals surface area contributed by atoms with Crippen molar-refractivity contribution in [1.82, 2.24) is 14.8 Å². The second-order valence-corrected chi connectivity index (χ2v) is 8.25. The molecule has 0 spiro atoms. The molecule has 1 amide bonds. The van der Waals surface area contributed by atoms with Crippen LogP contribution in [-0.2, 0) is 4.79 Å². The SMILES string of the molecule is CSc1cccc(NC(=O)C2CCN(c3nnc(-n4cccc4)s3)CC2)c1. The minimum absolute atomic E-state index is 0.0380. The van der Waals surface area contributed by atoms with E-state index >= 15 is 0 Å². The number of piperidine rings is 1. The quantitative estimate of drug-likeness (QED) is 0.659. The zero-order valence-electron chi connectivity index (χ0n) is 15.0. The first-order chi connectivity index (χ1) is 13.2. The molecule has 2 aromatic heterocycles. The summed E-state index contributed by atoms with van der Waals surface area (Å²) in [5, 5.41) is 13.4. The van der Waals surface area contributed by atoms with Crippen molar-refractivity contribution in [3.8, 4) is 5.13 Å². The van der Waals surface area contributed by atoms with Crippen LogP contribution in [0.3, 0.4) is 0 Å². The summed E-state index contributed by atoms with van der Waals surface area (Å²) in [6.07, 6.45) is 7.62. The lowest BCUT2D eigenvalue weighted by molar-refractivity contribution is -0.120. The van der Waals surface area contributed by atoms with E-state index in [2.05, 4.69) is 20.4 Å². The highest BCUT2D eigenvalue weighted by molar-refractivity contribution is 7.98. The van der Waals surface area contributed by atoms with Gasteiger partial charge in [-0.25, -0.2) is 0 Å². The Morgan fingerprint density at radius 1 is 1.15 bits per heavy atom. The molecule has 1 N–H and O–H groups in total. The van der Waals surface area contributed by atoms with Crippen molar-refractivity contribution in [2.24, 2.45) is 5.92 Å². The Morgan fingerprint density at radius 3 is 2.63 bits per heavy atom. The number of rotatable bonds is 5. The molecular formula is C19H21N5OS2. The number of hydrogen-bond donors (Lipinski definition) is 1. The lowest BCUT2D eigenvalue weighted by atomic mass is 9.96. The molecule has 0 saturated carbocycles. The van der Waals surface area contributed by atoms with Crippen molar-refractivity contribution >= 4 is 39.8 Å². The maximum atomic E-state index is 12.6. The van der Waals surface area contributed by atoms with E-state index in [-0.39, 0.29) is 11.8 Å². The number of aromatic nitrogens is 3. The monoisotopic (exact) mass is 399 g/mol. The minimum atomic E-state index is 0.0380. The maximum absolute atomic E-state index is 12.6. The van der Waals surface area contributed by atoms with Gasteiger partial charge in [-0.15, -0.1) is 22.0 Å². The molecule has 1 aromatic carbocycles. The van der Waals surface area contributed by atoms with Crippen molar-refractivity contribution in [3.63, 3.8) is 0 Å². The van der Waals surface area contributed by atoms with E-state index in [1.807, 2.05) is 59.6 Å². The molecule has 1 fully saturated rings. The molecule has 0 atom stereocenters. The van der Waals surface area contributed by atoms with E-state index in [0.717, 1.165) is 46.8 Å². The van der Waals surface area contributed by atoms with Crippen LogP contribution in [0.15, 0.2) is 53.7 Å².